The topological polar surface area (TPSA) is 4.44 Å². The van der Waals surface area contributed by atoms with Gasteiger partial charge in [0.2, 0.25) is 0 Å². The summed E-state index contributed by atoms with van der Waals surface area (Å²) in [6, 6.07) is 11.7. The molecule has 0 radical (unpaired) electrons. The van der Waals surface area contributed by atoms with Crippen LogP contribution in [0.3, 0.4) is 0 Å². The van der Waals surface area contributed by atoms with Crippen LogP contribution in [0.5, 0.6) is 0 Å². The molecule has 72 valence electrons. The minimum absolute atomic E-state index is 0.806. The molecule has 3 atom stereocenters. The molecule has 0 aromatic heterocycles. The van der Waals surface area contributed by atoms with Crippen molar-refractivity contribution in [1.82, 2.24) is 0 Å². The largest absolute Gasteiger partial charge is 0.325 e. The van der Waals surface area contributed by atoms with Gasteiger partial charge in [0.05, 0.1) is 6.54 Å². The van der Waals surface area contributed by atoms with E-state index in [2.05, 4.69) is 42.5 Å². The van der Waals surface area contributed by atoms with Crippen LogP contribution in [0.25, 0.3) is 0 Å². The molecule has 1 aromatic carbocycles. The third-order valence-corrected chi connectivity index (χ3v) is 3.50. The number of quaternary nitrogens is 1. The van der Waals surface area contributed by atoms with E-state index in [0.717, 1.165) is 12.0 Å². The van der Waals surface area contributed by atoms with Crippen LogP contribution in [0.4, 0.5) is 0 Å². The minimum atomic E-state index is 0.806. The number of rotatable bonds is 2. The van der Waals surface area contributed by atoms with Crippen LogP contribution < -0.4 is 4.90 Å². The van der Waals surface area contributed by atoms with Crippen molar-refractivity contribution in [1.29, 1.82) is 0 Å². The second-order valence-corrected chi connectivity index (χ2v) is 4.51. The Balaban J connectivity index is 1.72. The lowest BCUT2D eigenvalue weighted by Crippen LogP contribution is -3.12. The summed E-state index contributed by atoms with van der Waals surface area (Å²) >= 11 is 0. The van der Waals surface area contributed by atoms with Gasteiger partial charge in [0.25, 0.3) is 0 Å². The van der Waals surface area contributed by atoms with E-state index in [0.29, 0.717) is 0 Å². The fourth-order valence-electron chi connectivity index (χ4n) is 2.78. The second kappa shape index (κ2) is 3.25. The Hall–Kier alpha value is -1.08. The summed E-state index contributed by atoms with van der Waals surface area (Å²) in [5.74, 6) is 0.874. The summed E-state index contributed by atoms with van der Waals surface area (Å²) in [4.78, 5) is 1.75. The van der Waals surface area contributed by atoms with Crippen molar-refractivity contribution in [3.63, 3.8) is 0 Å². The van der Waals surface area contributed by atoms with Gasteiger partial charge >= 0.3 is 0 Å². The summed E-state index contributed by atoms with van der Waals surface area (Å²) in [6.07, 6.45) is 6.20. The average molecular weight is 186 g/mol. The Bertz CT molecular complexity index is 342. The molecular weight excluding hydrogens is 170 g/mol. The van der Waals surface area contributed by atoms with Crippen molar-refractivity contribution >= 4 is 0 Å². The van der Waals surface area contributed by atoms with Gasteiger partial charge in [-0.3, -0.25) is 0 Å². The molecule has 3 rings (SSSR count). The van der Waals surface area contributed by atoms with E-state index in [1.54, 1.807) is 4.90 Å². The number of hydrogen-bond acceptors (Lipinski definition) is 0. The Morgan fingerprint density at radius 3 is 2.64 bits per heavy atom. The van der Waals surface area contributed by atoms with E-state index < -0.39 is 0 Å². The third kappa shape index (κ3) is 1.38. The van der Waals surface area contributed by atoms with Crippen LogP contribution in [-0.2, 0) is 6.54 Å². The molecule has 0 amide bonds. The van der Waals surface area contributed by atoms with Gasteiger partial charge in [-0.15, -0.1) is 0 Å². The molecule has 1 nitrogen and oxygen atoms in total. The molecule has 1 unspecified atom stereocenters. The SMILES string of the molecule is C1=C[C@H]2C[C@H]1C[NH+]2Cc1ccccc1. The molecule has 1 N–H and O–H groups in total. The summed E-state index contributed by atoms with van der Waals surface area (Å²) < 4.78 is 0. The van der Waals surface area contributed by atoms with Crippen LogP contribution in [0, 0.1) is 5.92 Å². The van der Waals surface area contributed by atoms with Gasteiger partial charge < -0.3 is 4.90 Å². The van der Waals surface area contributed by atoms with Crippen molar-refractivity contribution < 1.29 is 4.90 Å². The molecule has 2 aliphatic rings. The molecule has 2 bridgehead atoms. The molecule has 14 heavy (non-hydrogen) atoms. The number of fused-ring (bicyclic) bond motifs is 2. The summed E-state index contributed by atoms with van der Waals surface area (Å²) in [5.41, 5.74) is 1.48. The molecular formula is C13H16N+. The molecule has 0 saturated carbocycles. The van der Waals surface area contributed by atoms with Gasteiger partial charge in [0.1, 0.15) is 12.6 Å². The van der Waals surface area contributed by atoms with Gasteiger partial charge in [0.15, 0.2) is 0 Å². The van der Waals surface area contributed by atoms with Gasteiger partial charge in [0, 0.05) is 17.9 Å². The molecule has 0 spiro atoms. The third-order valence-electron chi connectivity index (χ3n) is 3.50. The Morgan fingerprint density at radius 1 is 1.14 bits per heavy atom. The lowest BCUT2D eigenvalue weighted by atomic mass is 10.1. The first-order valence-electron chi connectivity index (χ1n) is 5.48. The van der Waals surface area contributed by atoms with E-state index in [9.17, 15) is 0 Å². The van der Waals surface area contributed by atoms with Crippen LogP contribution >= 0.6 is 0 Å². The predicted molar refractivity (Wildman–Crippen MR) is 57.0 cm³/mol. The first-order valence-corrected chi connectivity index (χ1v) is 5.48. The van der Waals surface area contributed by atoms with Crippen LogP contribution in [0.15, 0.2) is 42.5 Å². The first kappa shape index (κ1) is 8.25. The lowest BCUT2D eigenvalue weighted by Gasteiger charge is -2.20. The summed E-state index contributed by atoms with van der Waals surface area (Å²) in [5, 5.41) is 0. The number of benzene rings is 1. The Labute approximate surface area is 85.0 Å². The maximum absolute atomic E-state index is 2.41. The standard InChI is InChI=1S/C13H15N/c1-2-4-11(5-3-1)9-14-10-12-6-7-13(14)8-12/h1-7,12-13H,8-10H2/p+1/t12-,13-/m0/s1. The van der Waals surface area contributed by atoms with E-state index >= 15 is 0 Å². The van der Waals surface area contributed by atoms with Gasteiger partial charge in [-0.1, -0.05) is 36.4 Å². The van der Waals surface area contributed by atoms with Crippen LogP contribution in [0.2, 0.25) is 0 Å². The molecule has 1 aromatic rings. The van der Waals surface area contributed by atoms with Crippen LogP contribution in [0.1, 0.15) is 12.0 Å². The van der Waals surface area contributed by atoms with E-state index in [1.165, 1.54) is 25.1 Å². The molecule has 1 aliphatic carbocycles. The highest BCUT2D eigenvalue weighted by atomic mass is 15.2. The van der Waals surface area contributed by atoms with Crippen molar-refractivity contribution in [2.45, 2.75) is 19.0 Å². The van der Waals surface area contributed by atoms with Crippen molar-refractivity contribution in [3.05, 3.63) is 48.0 Å². The number of hydrogen-bond donors (Lipinski definition) is 1. The van der Waals surface area contributed by atoms with Crippen LogP contribution in [-0.4, -0.2) is 12.6 Å². The first-order chi connectivity index (χ1) is 6.92. The fourth-order valence-corrected chi connectivity index (χ4v) is 2.78. The second-order valence-electron chi connectivity index (χ2n) is 4.51. The lowest BCUT2D eigenvalue weighted by molar-refractivity contribution is -0.921. The minimum Gasteiger partial charge on any atom is -0.325 e. The number of likely N-dealkylation sites (tertiary alicyclic amines) is 1. The highest BCUT2D eigenvalue weighted by Crippen LogP contribution is 2.20. The number of nitrogens with one attached hydrogen (secondary N) is 1. The highest BCUT2D eigenvalue weighted by Gasteiger charge is 2.37. The summed E-state index contributed by atoms with van der Waals surface area (Å²) in [7, 11) is 0. The zero-order valence-corrected chi connectivity index (χ0v) is 8.32. The molecule has 1 aliphatic heterocycles. The maximum Gasteiger partial charge on any atom is 0.107 e. The monoisotopic (exact) mass is 186 g/mol. The van der Waals surface area contributed by atoms with Gasteiger partial charge in [-0.25, -0.2) is 0 Å². The van der Waals surface area contributed by atoms with Crippen molar-refractivity contribution in [3.8, 4) is 0 Å². The maximum atomic E-state index is 2.41. The molecule has 1 heteroatoms. The van der Waals surface area contributed by atoms with Crippen molar-refractivity contribution in [2.24, 2.45) is 5.92 Å². The fraction of sp³-hybridized carbons (Fsp3) is 0.385. The highest BCUT2D eigenvalue weighted by molar-refractivity contribution is 5.14. The smallest absolute Gasteiger partial charge is 0.107 e. The van der Waals surface area contributed by atoms with E-state index in [1.807, 2.05) is 0 Å². The zero-order chi connectivity index (χ0) is 9.38. The zero-order valence-electron chi connectivity index (χ0n) is 8.32. The Morgan fingerprint density at radius 2 is 2.00 bits per heavy atom. The van der Waals surface area contributed by atoms with Crippen molar-refractivity contribution in [2.75, 3.05) is 6.54 Å². The van der Waals surface area contributed by atoms with Gasteiger partial charge in [-0.2, -0.15) is 0 Å². The quantitative estimate of drug-likeness (QED) is 0.658. The van der Waals surface area contributed by atoms with E-state index in [4.69, 9.17) is 0 Å². The van der Waals surface area contributed by atoms with Gasteiger partial charge in [-0.05, 0) is 6.08 Å². The normalized spacial score (nSPS) is 33.9. The summed E-state index contributed by atoms with van der Waals surface area (Å²) in [6.45, 7) is 2.54. The molecule has 1 fully saturated rings. The average Bonchev–Trinajstić information content (AvgIpc) is 2.81. The predicted octanol–water partition coefficient (Wildman–Crippen LogP) is 1.03. The molecule has 1 heterocycles. The van der Waals surface area contributed by atoms with E-state index in [-0.39, 0.29) is 0 Å². The Kier molecular flexibility index (Phi) is 1.91. The molecule has 1 saturated heterocycles.